The van der Waals surface area contributed by atoms with Gasteiger partial charge in [-0.15, -0.1) is 0 Å². The van der Waals surface area contributed by atoms with Crippen LogP contribution in [0.25, 0.3) is 0 Å². The Hall–Kier alpha value is -4.08. The molecule has 2 rings (SSSR count). The van der Waals surface area contributed by atoms with Crippen LogP contribution < -0.4 is 21.7 Å². The van der Waals surface area contributed by atoms with Crippen molar-refractivity contribution in [3.8, 4) is 11.5 Å². The van der Waals surface area contributed by atoms with E-state index in [1.54, 1.807) is 24.3 Å². The minimum Gasteiger partial charge on any atom is -0.507 e. The van der Waals surface area contributed by atoms with Crippen LogP contribution in [0.1, 0.15) is 168 Å². The summed E-state index contributed by atoms with van der Waals surface area (Å²) in [6, 6.07) is 10.0. The maximum atomic E-state index is 13.0. The van der Waals surface area contributed by atoms with Crippen LogP contribution in [-0.4, -0.2) is 33.8 Å². The number of aromatic hydroxyl groups is 2. The van der Waals surface area contributed by atoms with E-state index in [9.17, 15) is 29.4 Å². The summed E-state index contributed by atoms with van der Waals surface area (Å²) in [6.45, 7) is 6.44. The van der Waals surface area contributed by atoms with E-state index in [-0.39, 0.29) is 46.8 Å². The Kier molecular flexibility index (Phi) is 21.0. The molecule has 4 amide bonds. The number of amides is 4. The van der Waals surface area contributed by atoms with Crippen LogP contribution in [0.2, 0.25) is 0 Å². The number of hydrogen-bond donors (Lipinski definition) is 6. The minimum absolute atomic E-state index is 0.0912. The summed E-state index contributed by atoms with van der Waals surface area (Å²) in [5.74, 6) is -2.45. The molecular weight excluding hydrogens is 632 g/mol. The van der Waals surface area contributed by atoms with E-state index in [0.29, 0.717) is 25.7 Å². The van der Waals surface area contributed by atoms with Crippen LogP contribution in [0, 0.1) is 5.92 Å². The first-order valence-corrected chi connectivity index (χ1v) is 19.0. The zero-order valence-electron chi connectivity index (χ0n) is 30.7. The number of rotatable bonds is 24. The number of phenolic OH excluding ortho intramolecular Hbond substituents is 2. The summed E-state index contributed by atoms with van der Waals surface area (Å²) < 4.78 is 0. The quantitative estimate of drug-likeness (QED) is 0.0482. The van der Waals surface area contributed by atoms with E-state index in [1.165, 1.54) is 38.5 Å². The number of carbonyl (C=O) groups excluding carboxylic acids is 4. The molecule has 0 saturated heterocycles. The second-order valence-corrected chi connectivity index (χ2v) is 13.4. The lowest BCUT2D eigenvalue weighted by Crippen LogP contribution is -2.44. The molecular formula is C40H62N4O6. The molecule has 50 heavy (non-hydrogen) atoms. The number of hydrogen-bond acceptors (Lipinski definition) is 6. The van der Waals surface area contributed by atoms with E-state index in [4.69, 9.17) is 0 Å². The van der Waals surface area contributed by atoms with Gasteiger partial charge in [-0.2, -0.15) is 0 Å². The molecule has 0 aliphatic rings. The molecule has 1 atom stereocenters. The number of hydrazine groups is 2. The maximum absolute atomic E-state index is 13.0. The van der Waals surface area contributed by atoms with Crippen molar-refractivity contribution < 1.29 is 29.4 Å². The Morgan fingerprint density at radius 2 is 0.980 bits per heavy atom. The van der Waals surface area contributed by atoms with Crippen molar-refractivity contribution in [3.05, 3.63) is 58.7 Å². The Morgan fingerprint density at radius 1 is 0.540 bits per heavy atom. The Bertz CT molecular complexity index is 1330. The van der Waals surface area contributed by atoms with Gasteiger partial charge in [-0.1, -0.05) is 110 Å². The predicted octanol–water partition coefficient (Wildman–Crippen LogP) is 8.10. The summed E-state index contributed by atoms with van der Waals surface area (Å²) in [7, 11) is 0. The molecule has 6 N–H and O–H groups in total. The van der Waals surface area contributed by atoms with Crippen molar-refractivity contribution in [1.82, 2.24) is 21.7 Å². The number of unbranched alkanes of at least 4 members (excludes halogenated alkanes) is 11. The van der Waals surface area contributed by atoms with Gasteiger partial charge in [0.05, 0.1) is 11.1 Å². The van der Waals surface area contributed by atoms with Crippen molar-refractivity contribution in [2.75, 3.05) is 0 Å². The first kappa shape index (κ1) is 42.1. The molecule has 1 unspecified atom stereocenters. The first-order valence-electron chi connectivity index (χ1n) is 19.0. The van der Waals surface area contributed by atoms with Crippen molar-refractivity contribution in [1.29, 1.82) is 0 Å². The monoisotopic (exact) mass is 694 g/mol. The average molecular weight is 695 g/mol. The number of nitrogens with one attached hydrogen (secondary N) is 4. The fourth-order valence-electron chi connectivity index (χ4n) is 5.98. The molecule has 2 aromatic rings. The van der Waals surface area contributed by atoms with Crippen LogP contribution in [0.5, 0.6) is 11.5 Å². The van der Waals surface area contributed by atoms with E-state index < -0.39 is 11.8 Å². The summed E-state index contributed by atoms with van der Waals surface area (Å²) >= 11 is 0. The number of carbonyl (C=O) groups is 4. The zero-order chi connectivity index (χ0) is 36.6. The summed E-state index contributed by atoms with van der Waals surface area (Å²) in [6.07, 6.45) is 18.5. The third-order valence-corrected chi connectivity index (χ3v) is 9.10. The van der Waals surface area contributed by atoms with Crippen LogP contribution >= 0.6 is 0 Å². The smallest absolute Gasteiger partial charge is 0.273 e. The van der Waals surface area contributed by atoms with Crippen molar-refractivity contribution >= 4 is 23.6 Å². The van der Waals surface area contributed by atoms with Gasteiger partial charge in [0.15, 0.2) is 0 Å². The summed E-state index contributed by atoms with van der Waals surface area (Å²) in [4.78, 5) is 50.8. The summed E-state index contributed by atoms with van der Waals surface area (Å²) in [5.41, 5.74) is 11.9. The highest BCUT2D eigenvalue weighted by atomic mass is 16.3. The molecule has 278 valence electrons. The second-order valence-electron chi connectivity index (χ2n) is 13.4. The molecule has 0 aliphatic heterocycles. The molecule has 10 nitrogen and oxygen atoms in total. The SMILES string of the molecule is CCCCCCCc1ccc(C(=O)NNC(=O)CCCCC(CCCCC)C(=O)NNC(=O)c2ccc(CCCCCCC)cc2O)c(O)c1. The third kappa shape index (κ3) is 16.5. The zero-order valence-corrected chi connectivity index (χ0v) is 30.7. The number of benzene rings is 2. The lowest BCUT2D eigenvalue weighted by Gasteiger charge is -2.17. The lowest BCUT2D eigenvalue weighted by atomic mass is 9.94. The normalized spacial score (nSPS) is 11.5. The average Bonchev–Trinajstić information content (AvgIpc) is 3.10. The largest absolute Gasteiger partial charge is 0.507 e. The maximum Gasteiger partial charge on any atom is 0.273 e. The van der Waals surface area contributed by atoms with Gasteiger partial charge in [0.2, 0.25) is 11.8 Å². The van der Waals surface area contributed by atoms with Gasteiger partial charge >= 0.3 is 0 Å². The van der Waals surface area contributed by atoms with E-state index >= 15 is 0 Å². The molecule has 10 heteroatoms. The molecule has 0 saturated carbocycles. The minimum atomic E-state index is -0.595. The highest BCUT2D eigenvalue weighted by Crippen LogP contribution is 2.22. The lowest BCUT2D eigenvalue weighted by molar-refractivity contribution is -0.126. The van der Waals surface area contributed by atoms with Crippen LogP contribution in [-0.2, 0) is 22.4 Å². The highest BCUT2D eigenvalue weighted by molar-refractivity contribution is 5.98. The van der Waals surface area contributed by atoms with Crippen molar-refractivity contribution in [3.63, 3.8) is 0 Å². The van der Waals surface area contributed by atoms with E-state index in [0.717, 1.165) is 68.9 Å². The highest BCUT2D eigenvalue weighted by Gasteiger charge is 2.20. The number of aryl methyl sites for hydroxylation is 2. The third-order valence-electron chi connectivity index (χ3n) is 9.10. The van der Waals surface area contributed by atoms with E-state index in [2.05, 4.69) is 42.5 Å². The van der Waals surface area contributed by atoms with Crippen LogP contribution in [0.3, 0.4) is 0 Å². The Morgan fingerprint density at radius 3 is 1.46 bits per heavy atom. The topological polar surface area (TPSA) is 157 Å². The second kappa shape index (κ2) is 25.0. The van der Waals surface area contributed by atoms with Crippen molar-refractivity contribution in [2.24, 2.45) is 5.92 Å². The molecule has 0 heterocycles. The summed E-state index contributed by atoms with van der Waals surface area (Å²) in [5, 5.41) is 20.8. The van der Waals surface area contributed by atoms with Gasteiger partial charge in [-0.3, -0.25) is 40.9 Å². The molecule has 0 bridgehead atoms. The van der Waals surface area contributed by atoms with Crippen LogP contribution in [0.4, 0.5) is 0 Å². The standard InChI is InChI=1S/C40H62N4O6/c1-4-7-10-12-15-19-30-24-26-33(35(45)28-30)39(49)43-41-37(47)23-18-17-22-32(21-14-9-6-3)38(48)42-44-40(50)34-27-25-31(29-36(34)46)20-16-13-11-8-5-2/h24-29,32,45-46H,4-23H2,1-3H3,(H,41,47)(H,42,48)(H,43,49)(H,44,50). The van der Waals surface area contributed by atoms with Gasteiger partial charge in [0, 0.05) is 12.3 Å². The Balaban J connectivity index is 1.76. The molecule has 0 fully saturated rings. The fraction of sp³-hybridized carbons (Fsp3) is 0.600. The van der Waals surface area contributed by atoms with Gasteiger partial charge in [-0.25, -0.2) is 0 Å². The van der Waals surface area contributed by atoms with Gasteiger partial charge in [0.1, 0.15) is 11.5 Å². The van der Waals surface area contributed by atoms with Gasteiger partial charge in [0.25, 0.3) is 11.8 Å². The molecule has 2 aromatic carbocycles. The van der Waals surface area contributed by atoms with E-state index in [1.807, 2.05) is 12.1 Å². The van der Waals surface area contributed by atoms with Gasteiger partial charge in [-0.05, 0) is 80.3 Å². The molecule has 0 spiro atoms. The van der Waals surface area contributed by atoms with Gasteiger partial charge < -0.3 is 10.2 Å². The predicted molar refractivity (Wildman–Crippen MR) is 198 cm³/mol. The fourth-order valence-corrected chi connectivity index (χ4v) is 5.98. The molecule has 0 radical (unpaired) electrons. The van der Waals surface area contributed by atoms with Crippen LogP contribution in [0.15, 0.2) is 36.4 Å². The first-order chi connectivity index (χ1) is 24.2. The Labute approximate surface area is 299 Å². The number of phenols is 2. The molecule has 0 aromatic heterocycles. The molecule has 0 aliphatic carbocycles. The van der Waals surface area contributed by atoms with Crippen molar-refractivity contribution in [2.45, 2.75) is 149 Å².